The van der Waals surface area contributed by atoms with Crippen molar-refractivity contribution in [3.8, 4) is 5.69 Å². The van der Waals surface area contributed by atoms with E-state index in [4.69, 9.17) is 0 Å². The highest BCUT2D eigenvalue weighted by atomic mass is 19.1. The summed E-state index contributed by atoms with van der Waals surface area (Å²) in [4.78, 5) is 17.3. The van der Waals surface area contributed by atoms with Crippen molar-refractivity contribution in [3.05, 3.63) is 77.1 Å². The summed E-state index contributed by atoms with van der Waals surface area (Å²) in [6, 6.07) is 13.3. The molecule has 1 aromatic heterocycles. The Bertz CT molecular complexity index is 1150. The van der Waals surface area contributed by atoms with Crippen molar-refractivity contribution in [2.24, 2.45) is 0 Å². The quantitative estimate of drug-likeness (QED) is 0.582. The molecule has 33 heavy (non-hydrogen) atoms. The lowest BCUT2D eigenvalue weighted by Crippen LogP contribution is -2.42. The zero-order valence-electron chi connectivity index (χ0n) is 19.5. The molecular weight excluding hydrogens is 422 g/mol. The predicted molar refractivity (Wildman–Crippen MR) is 128 cm³/mol. The van der Waals surface area contributed by atoms with Crippen LogP contribution < -0.4 is 10.2 Å². The van der Waals surface area contributed by atoms with Crippen LogP contribution in [0.4, 0.5) is 20.2 Å². The first kappa shape index (κ1) is 23.0. The van der Waals surface area contributed by atoms with Gasteiger partial charge in [-0.05, 0) is 89.3 Å². The SMILES string of the molecule is Cc1cc(C(=O)Nc2ccc(N3CCC(N(C)C)CC3)c(F)c2)c(C)n1-c1ccc(F)cc1. The molecule has 1 N–H and O–H groups in total. The summed E-state index contributed by atoms with van der Waals surface area (Å²) in [6.45, 7) is 5.34. The van der Waals surface area contributed by atoms with E-state index in [2.05, 4.69) is 29.2 Å². The monoisotopic (exact) mass is 452 g/mol. The van der Waals surface area contributed by atoms with Gasteiger partial charge in [-0.2, -0.15) is 0 Å². The molecule has 2 heterocycles. The van der Waals surface area contributed by atoms with Gasteiger partial charge in [0.1, 0.15) is 11.6 Å². The number of hydrogen-bond acceptors (Lipinski definition) is 3. The van der Waals surface area contributed by atoms with Crippen molar-refractivity contribution in [2.45, 2.75) is 32.7 Å². The van der Waals surface area contributed by atoms with Gasteiger partial charge < -0.3 is 19.7 Å². The zero-order valence-corrected chi connectivity index (χ0v) is 19.5. The minimum Gasteiger partial charge on any atom is -0.369 e. The standard InChI is InChI=1S/C26H30F2N4O/c1-17-15-23(18(2)32(17)22-8-5-19(27)6-9-22)26(33)29-20-7-10-25(24(28)16-20)31-13-11-21(12-14-31)30(3)4/h5-10,15-16,21H,11-14H2,1-4H3,(H,29,33). The topological polar surface area (TPSA) is 40.5 Å². The molecule has 1 aliphatic heterocycles. The summed E-state index contributed by atoms with van der Waals surface area (Å²) >= 11 is 0. The molecule has 7 heteroatoms. The zero-order chi connectivity index (χ0) is 23.7. The normalized spacial score (nSPS) is 14.7. The van der Waals surface area contributed by atoms with Crippen LogP contribution in [0.3, 0.4) is 0 Å². The summed E-state index contributed by atoms with van der Waals surface area (Å²) in [7, 11) is 4.16. The van der Waals surface area contributed by atoms with Gasteiger partial charge in [0.2, 0.25) is 0 Å². The number of anilines is 2. The van der Waals surface area contributed by atoms with Gasteiger partial charge in [0.15, 0.2) is 0 Å². The molecule has 5 nitrogen and oxygen atoms in total. The molecule has 1 saturated heterocycles. The number of amides is 1. The number of halogens is 2. The predicted octanol–water partition coefficient (Wildman–Crippen LogP) is 5.16. The molecule has 1 aliphatic rings. The van der Waals surface area contributed by atoms with Gasteiger partial charge in [-0.3, -0.25) is 4.79 Å². The number of carbonyl (C=O) groups excluding carboxylic acids is 1. The average Bonchev–Trinajstić information content (AvgIpc) is 3.08. The Morgan fingerprint density at radius 1 is 1.00 bits per heavy atom. The van der Waals surface area contributed by atoms with Crippen LogP contribution in [0, 0.1) is 25.5 Å². The molecule has 0 saturated carbocycles. The van der Waals surface area contributed by atoms with Crippen molar-refractivity contribution < 1.29 is 13.6 Å². The minimum absolute atomic E-state index is 0.310. The highest BCUT2D eigenvalue weighted by Crippen LogP contribution is 2.28. The average molecular weight is 453 g/mol. The largest absolute Gasteiger partial charge is 0.369 e. The van der Waals surface area contributed by atoms with Crippen LogP contribution in [0.2, 0.25) is 0 Å². The summed E-state index contributed by atoms with van der Waals surface area (Å²) in [5, 5.41) is 2.82. The molecule has 0 bridgehead atoms. The fourth-order valence-corrected chi connectivity index (χ4v) is 4.64. The molecule has 174 valence electrons. The van der Waals surface area contributed by atoms with E-state index < -0.39 is 0 Å². The molecule has 0 aliphatic carbocycles. The van der Waals surface area contributed by atoms with Crippen LogP contribution in [-0.4, -0.2) is 48.6 Å². The number of aromatic nitrogens is 1. The molecule has 0 atom stereocenters. The fourth-order valence-electron chi connectivity index (χ4n) is 4.64. The van der Waals surface area contributed by atoms with E-state index in [-0.39, 0.29) is 17.5 Å². The number of nitrogens with zero attached hydrogens (tertiary/aromatic N) is 3. The minimum atomic E-state index is -0.340. The highest BCUT2D eigenvalue weighted by Gasteiger charge is 2.23. The Morgan fingerprint density at radius 3 is 2.27 bits per heavy atom. The molecule has 0 spiro atoms. The van der Waals surface area contributed by atoms with Crippen molar-refractivity contribution in [1.29, 1.82) is 0 Å². The summed E-state index contributed by atoms with van der Waals surface area (Å²) in [5.74, 6) is -0.963. The first-order valence-corrected chi connectivity index (χ1v) is 11.2. The summed E-state index contributed by atoms with van der Waals surface area (Å²) < 4.78 is 30.1. The van der Waals surface area contributed by atoms with E-state index in [0.29, 0.717) is 23.0 Å². The summed E-state index contributed by atoms with van der Waals surface area (Å²) in [5.41, 5.74) is 3.84. The van der Waals surface area contributed by atoms with Crippen molar-refractivity contribution >= 4 is 17.3 Å². The van der Waals surface area contributed by atoms with Crippen LogP contribution in [0.5, 0.6) is 0 Å². The number of piperidine rings is 1. The number of aryl methyl sites for hydroxylation is 1. The highest BCUT2D eigenvalue weighted by molar-refractivity contribution is 6.05. The molecule has 3 aromatic rings. The van der Waals surface area contributed by atoms with Crippen LogP contribution in [0.1, 0.15) is 34.6 Å². The molecule has 1 fully saturated rings. The van der Waals surface area contributed by atoms with E-state index in [9.17, 15) is 13.6 Å². The van der Waals surface area contributed by atoms with Gasteiger partial charge in [-0.1, -0.05) is 0 Å². The maximum absolute atomic E-state index is 14.9. The molecule has 4 rings (SSSR count). The Morgan fingerprint density at radius 2 is 1.67 bits per heavy atom. The third-order valence-corrected chi connectivity index (χ3v) is 6.50. The number of rotatable bonds is 5. The number of nitrogens with one attached hydrogen (secondary N) is 1. The molecule has 2 aromatic carbocycles. The molecule has 0 radical (unpaired) electrons. The maximum atomic E-state index is 14.9. The maximum Gasteiger partial charge on any atom is 0.257 e. The van der Waals surface area contributed by atoms with Crippen LogP contribution >= 0.6 is 0 Å². The van der Waals surface area contributed by atoms with E-state index in [1.165, 1.54) is 18.2 Å². The lowest BCUT2D eigenvalue weighted by molar-refractivity contribution is 0.102. The second-order valence-electron chi connectivity index (χ2n) is 8.90. The van der Waals surface area contributed by atoms with Crippen molar-refractivity contribution in [3.63, 3.8) is 0 Å². The second-order valence-corrected chi connectivity index (χ2v) is 8.90. The van der Waals surface area contributed by atoms with Crippen LogP contribution in [0.25, 0.3) is 5.69 Å². The number of benzene rings is 2. The second kappa shape index (κ2) is 9.35. The van der Waals surface area contributed by atoms with E-state index in [0.717, 1.165) is 43.0 Å². The number of carbonyl (C=O) groups is 1. The van der Waals surface area contributed by atoms with Gasteiger partial charge in [0.05, 0.1) is 11.3 Å². The van der Waals surface area contributed by atoms with Crippen LogP contribution in [-0.2, 0) is 0 Å². The summed E-state index contributed by atoms with van der Waals surface area (Å²) in [6.07, 6.45) is 1.99. The first-order valence-electron chi connectivity index (χ1n) is 11.2. The third-order valence-electron chi connectivity index (χ3n) is 6.50. The smallest absolute Gasteiger partial charge is 0.257 e. The van der Waals surface area contributed by atoms with E-state index in [1.807, 2.05) is 18.4 Å². The van der Waals surface area contributed by atoms with E-state index in [1.54, 1.807) is 30.3 Å². The molecule has 0 unspecified atom stereocenters. The van der Waals surface area contributed by atoms with Gasteiger partial charge in [-0.25, -0.2) is 8.78 Å². The van der Waals surface area contributed by atoms with Crippen molar-refractivity contribution in [2.75, 3.05) is 37.4 Å². The Labute approximate surface area is 193 Å². The van der Waals surface area contributed by atoms with Gasteiger partial charge in [0.25, 0.3) is 5.91 Å². The van der Waals surface area contributed by atoms with Gasteiger partial charge in [0, 0.05) is 41.9 Å². The lowest BCUT2D eigenvalue weighted by Gasteiger charge is -2.36. The first-order chi connectivity index (χ1) is 15.7. The molecular formula is C26H30F2N4O. The van der Waals surface area contributed by atoms with Crippen molar-refractivity contribution in [1.82, 2.24) is 9.47 Å². The van der Waals surface area contributed by atoms with Gasteiger partial charge in [-0.15, -0.1) is 0 Å². The Hall–Kier alpha value is -3.19. The fraction of sp³-hybridized carbons (Fsp3) is 0.346. The molecule has 1 amide bonds. The Balaban J connectivity index is 1.49. The van der Waals surface area contributed by atoms with Crippen LogP contribution in [0.15, 0.2) is 48.5 Å². The third kappa shape index (κ3) is 4.78. The van der Waals surface area contributed by atoms with Gasteiger partial charge >= 0.3 is 0 Å². The van der Waals surface area contributed by atoms with E-state index >= 15 is 0 Å². The number of hydrogen-bond donors (Lipinski definition) is 1. The Kier molecular flexibility index (Phi) is 6.51. The lowest BCUT2D eigenvalue weighted by atomic mass is 10.0.